The van der Waals surface area contributed by atoms with E-state index in [1.165, 1.54) is 18.9 Å². The predicted molar refractivity (Wildman–Crippen MR) is 148 cm³/mol. The van der Waals surface area contributed by atoms with Gasteiger partial charge in [0.1, 0.15) is 12.1 Å². The molecule has 218 valence electrons. The van der Waals surface area contributed by atoms with Gasteiger partial charge in [-0.3, -0.25) is 9.59 Å². The van der Waals surface area contributed by atoms with E-state index in [1.807, 2.05) is 6.92 Å². The summed E-state index contributed by atoms with van der Waals surface area (Å²) in [6.07, 6.45) is 12.3. The van der Waals surface area contributed by atoms with Gasteiger partial charge in [-0.15, -0.1) is 0 Å². The van der Waals surface area contributed by atoms with Crippen molar-refractivity contribution in [2.75, 3.05) is 6.61 Å². The number of carboxylic acid groups (broad SMARTS) is 1. The Kier molecular flexibility index (Phi) is 9.08. The Bertz CT molecular complexity index is 1010. The van der Waals surface area contributed by atoms with Gasteiger partial charge in [0.05, 0.1) is 11.8 Å². The van der Waals surface area contributed by atoms with Crippen LogP contribution in [0.5, 0.6) is 0 Å². The lowest BCUT2D eigenvalue weighted by Gasteiger charge is -2.57. The van der Waals surface area contributed by atoms with Crippen molar-refractivity contribution in [1.29, 1.82) is 0 Å². The average Bonchev–Trinajstić information content (AvgIpc) is 3.20. The lowest BCUT2D eigenvalue weighted by atomic mass is 9.47. The number of allylic oxidation sites excluding steroid dienone is 2. The third-order valence-electron chi connectivity index (χ3n) is 10.5. The molecule has 0 saturated heterocycles. The van der Waals surface area contributed by atoms with Gasteiger partial charge in [-0.1, -0.05) is 44.3 Å². The van der Waals surface area contributed by atoms with Gasteiger partial charge in [0, 0.05) is 0 Å². The molecule has 0 bridgehead atoms. The van der Waals surface area contributed by atoms with Crippen molar-refractivity contribution in [2.45, 2.75) is 117 Å². The smallest absolute Gasteiger partial charge is 0.326 e. The molecule has 0 aliphatic heterocycles. The molecule has 4 aliphatic rings. The van der Waals surface area contributed by atoms with Crippen LogP contribution in [-0.2, 0) is 19.2 Å². The van der Waals surface area contributed by atoms with E-state index in [-0.39, 0.29) is 23.5 Å². The van der Waals surface area contributed by atoms with Crippen LogP contribution in [0.2, 0.25) is 0 Å². The van der Waals surface area contributed by atoms with Crippen molar-refractivity contribution in [2.24, 2.45) is 33.7 Å². The van der Waals surface area contributed by atoms with Crippen LogP contribution >= 0.6 is 0 Å². The van der Waals surface area contributed by atoms with E-state index in [1.54, 1.807) is 0 Å². The van der Waals surface area contributed by atoms with Gasteiger partial charge < -0.3 is 25.7 Å². The number of carboxylic acids is 1. The maximum atomic E-state index is 12.4. The summed E-state index contributed by atoms with van der Waals surface area (Å²) in [5.41, 5.74) is 2.52. The van der Waals surface area contributed by atoms with Crippen molar-refractivity contribution >= 4 is 23.5 Å². The molecule has 9 nitrogen and oxygen atoms in total. The maximum absolute atomic E-state index is 12.4. The number of aliphatic hydroxyl groups is 1. The normalized spacial score (nSPS) is 36.0. The van der Waals surface area contributed by atoms with Crippen molar-refractivity contribution in [1.82, 2.24) is 10.6 Å². The van der Waals surface area contributed by atoms with E-state index in [9.17, 15) is 24.6 Å². The molecule has 3 fully saturated rings. The highest BCUT2D eigenvalue weighted by molar-refractivity contribution is 5.96. The fraction of sp³-hybridized carbons (Fsp3) is 0.800. The van der Waals surface area contributed by atoms with E-state index in [4.69, 9.17) is 4.84 Å². The molecule has 4 rings (SSSR count). The zero-order valence-electron chi connectivity index (χ0n) is 24.0. The van der Waals surface area contributed by atoms with Gasteiger partial charge in [-0.25, -0.2) is 4.79 Å². The highest BCUT2D eigenvalue weighted by Gasteiger charge is 2.58. The third-order valence-corrected chi connectivity index (χ3v) is 10.5. The topological polar surface area (TPSA) is 137 Å². The van der Waals surface area contributed by atoms with Crippen molar-refractivity contribution < 1.29 is 29.4 Å². The van der Waals surface area contributed by atoms with E-state index >= 15 is 0 Å². The molecule has 0 heterocycles. The number of fused-ring (bicyclic) bond motifs is 5. The number of hydrogen-bond donors (Lipinski definition) is 4. The molecule has 8 atom stereocenters. The number of nitrogens with one attached hydrogen (secondary N) is 2. The summed E-state index contributed by atoms with van der Waals surface area (Å²) < 4.78 is 0. The van der Waals surface area contributed by atoms with Crippen LogP contribution in [0.3, 0.4) is 0 Å². The second-order valence-electron chi connectivity index (χ2n) is 12.8. The lowest BCUT2D eigenvalue weighted by Crippen LogP contribution is -2.51. The molecule has 9 heteroatoms. The number of oxime groups is 1. The van der Waals surface area contributed by atoms with E-state index in [0.717, 1.165) is 57.1 Å². The molecular formula is C30H47N3O6. The van der Waals surface area contributed by atoms with Crippen molar-refractivity contribution in [3.05, 3.63) is 11.6 Å². The van der Waals surface area contributed by atoms with Crippen LogP contribution in [0, 0.1) is 28.6 Å². The number of hydrogen-bond acceptors (Lipinski definition) is 6. The largest absolute Gasteiger partial charge is 0.480 e. The minimum atomic E-state index is -1.08. The molecule has 0 aromatic rings. The Balaban J connectivity index is 1.28. The molecule has 0 spiro atoms. The second-order valence-corrected chi connectivity index (χ2v) is 12.8. The maximum Gasteiger partial charge on any atom is 0.326 e. The molecule has 0 aromatic carbocycles. The van der Waals surface area contributed by atoms with E-state index in [0.29, 0.717) is 30.6 Å². The number of carbonyl (C=O) groups excluding carboxylic acids is 2. The van der Waals surface area contributed by atoms with Gasteiger partial charge in [-0.05, 0) is 99.4 Å². The molecule has 4 aliphatic carbocycles. The van der Waals surface area contributed by atoms with Crippen molar-refractivity contribution in [3.8, 4) is 0 Å². The van der Waals surface area contributed by atoms with Gasteiger partial charge in [0.15, 0.2) is 6.61 Å². The number of nitrogens with zero attached hydrogens (tertiary/aromatic N) is 1. The molecule has 2 amide bonds. The van der Waals surface area contributed by atoms with Crippen LogP contribution in [0.4, 0.5) is 0 Å². The number of carbonyl (C=O) groups is 3. The van der Waals surface area contributed by atoms with Gasteiger partial charge >= 0.3 is 5.97 Å². The van der Waals surface area contributed by atoms with Crippen LogP contribution in [0.15, 0.2) is 16.8 Å². The molecule has 39 heavy (non-hydrogen) atoms. The summed E-state index contributed by atoms with van der Waals surface area (Å²) in [6, 6.07) is -1.86. The zero-order valence-corrected chi connectivity index (χ0v) is 24.0. The summed E-state index contributed by atoms with van der Waals surface area (Å²) in [5, 5.41) is 29.3. The van der Waals surface area contributed by atoms with Gasteiger partial charge in [0.25, 0.3) is 5.91 Å². The first-order chi connectivity index (χ1) is 18.5. The van der Waals surface area contributed by atoms with Crippen LogP contribution in [-0.4, -0.2) is 58.5 Å². The molecule has 8 unspecified atom stereocenters. The highest BCUT2D eigenvalue weighted by atomic mass is 16.6. The van der Waals surface area contributed by atoms with E-state index in [2.05, 4.69) is 35.7 Å². The summed E-state index contributed by atoms with van der Waals surface area (Å²) in [7, 11) is 0. The van der Waals surface area contributed by atoms with Crippen LogP contribution in [0.25, 0.3) is 0 Å². The standard InChI is InChI=1S/C30H47N3O6/c1-5-6-7-24(28(37)38)32-27(36)18(2)31-26(35)17-39-33-20-12-14-29(3)19(16-20)8-9-21-22-10-11-25(34)30(22,4)15-13-23(21)29/h16,18,21-25,34H,5-15,17H2,1-4H3,(H,31,35)(H,32,36)(H,37,38). The summed E-state index contributed by atoms with van der Waals surface area (Å²) in [5.74, 6) is -0.166. The fourth-order valence-corrected chi connectivity index (χ4v) is 8.10. The highest BCUT2D eigenvalue weighted by Crippen LogP contribution is 2.65. The summed E-state index contributed by atoms with van der Waals surface area (Å²) >= 11 is 0. The Morgan fingerprint density at radius 2 is 1.87 bits per heavy atom. The zero-order chi connectivity index (χ0) is 28.4. The Morgan fingerprint density at radius 3 is 2.59 bits per heavy atom. The summed E-state index contributed by atoms with van der Waals surface area (Å²) in [4.78, 5) is 41.4. The molecule has 4 N–H and O–H groups in total. The van der Waals surface area contributed by atoms with Gasteiger partial charge in [-0.2, -0.15) is 0 Å². The predicted octanol–water partition coefficient (Wildman–Crippen LogP) is 3.95. The molecular weight excluding hydrogens is 498 g/mol. The van der Waals surface area contributed by atoms with Crippen molar-refractivity contribution in [3.63, 3.8) is 0 Å². The van der Waals surface area contributed by atoms with E-state index < -0.39 is 29.9 Å². The minimum Gasteiger partial charge on any atom is -0.480 e. The summed E-state index contributed by atoms with van der Waals surface area (Å²) in [6.45, 7) is 7.88. The Morgan fingerprint density at radius 1 is 1.10 bits per heavy atom. The third kappa shape index (κ3) is 6.03. The number of rotatable bonds is 10. The number of unbranched alkanes of at least 4 members (excludes halogenated alkanes) is 1. The lowest BCUT2D eigenvalue weighted by molar-refractivity contribution is -0.142. The number of aliphatic carboxylic acids is 1. The molecule has 3 saturated carbocycles. The quantitative estimate of drug-likeness (QED) is 0.307. The number of aliphatic hydroxyl groups excluding tert-OH is 1. The Labute approximate surface area is 232 Å². The minimum absolute atomic E-state index is 0.0830. The van der Waals surface area contributed by atoms with Crippen LogP contribution < -0.4 is 10.6 Å². The molecule has 0 radical (unpaired) electrons. The molecule has 0 aromatic heterocycles. The first-order valence-corrected chi connectivity index (χ1v) is 14.9. The Hall–Kier alpha value is -2.42. The first-order valence-electron chi connectivity index (χ1n) is 14.9. The second kappa shape index (κ2) is 12.0. The first kappa shape index (κ1) is 29.6. The fourth-order valence-electron chi connectivity index (χ4n) is 8.10. The van der Waals surface area contributed by atoms with Gasteiger partial charge in [0.2, 0.25) is 5.91 Å². The van der Waals surface area contributed by atoms with Crippen LogP contribution in [0.1, 0.15) is 98.3 Å². The number of amides is 2. The average molecular weight is 546 g/mol. The monoisotopic (exact) mass is 545 g/mol. The SMILES string of the molecule is CCCCC(NC(=O)C(C)NC(=O)CON=C1C=C2CCC3C(CCC4(C)C(O)CCC34)C2(C)CC1)C(=O)O.